The van der Waals surface area contributed by atoms with Crippen molar-refractivity contribution in [2.45, 2.75) is 26.7 Å². The summed E-state index contributed by atoms with van der Waals surface area (Å²) in [4.78, 5) is 8.17. The SMILES string of the molecule is Cc1ccc(Nc2ncnc(N)c2C(C)C)cc1F. The lowest BCUT2D eigenvalue weighted by Gasteiger charge is -2.15. The average Bonchev–Trinajstić information content (AvgIpc) is 2.33. The number of aryl methyl sites for hydroxylation is 1. The molecule has 0 aliphatic rings. The highest BCUT2D eigenvalue weighted by molar-refractivity contribution is 5.64. The smallest absolute Gasteiger partial charge is 0.139 e. The van der Waals surface area contributed by atoms with E-state index in [-0.39, 0.29) is 11.7 Å². The fraction of sp³-hybridized carbons (Fsp3) is 0.286. The first-order valence-corrected chi connectivity index (χ1v) is 6.12. The van der Waals surface area contributed by atoms with E-state index >= 15 is 0 Å². The maximum absolute atomic E-state index is 13.5. The highest BCUT2D eigenvalue weighted by Gasteiger charge is 2.13. The number of hydrogen-bond acceptors (Lipinski definition) is 4. The van der Waals surface area contributed by atoms with E-state index in [1.807, 2.05) is 13.8 Å². The van der Waals surface area contributed by atoms with Gasteiger partial charge in [0.15, 0.2) is 0 Å². The maximum Gasteiger partial charge on any atom is 0.139 e. The van der Waals surface area contributed by atoms with Crippen LogP contribution in [0.5, 0.6) is 0 Å². The van der Waals surface area contributed by atoms with E-state index in [4.69, 9.17) is 5.73 Å². The third-order valence-electron chi connectivity index (χ3n) is 2.93. The Balaban J connectivity index is 2.38. The van der Waals surface area contributed by atoms with Crippen molar-refractivity contribution < 1.29 is 4.39 Å². The molecule has 0 fully saturated rings. The molecule has 2 rings (SSSR count). The van der Waals surface area contributed by atoms with Gasteiger partial charge in [-0.25, -0.2) is 14.4 Å². The first-order chi connectivity index (χ1) is 8.99. The molecule has 3 N–H and O–H groups in total. The molecule has 4 nitrogen and oxygen atoms in total. The molecule has 0 unspecified atom stereocenters. The van der Waals surface area contributed by atoms with E-state index < -0.39 is 0 Å². The summed E-state index contributed by atoms with van der Waals surface area (Å²) < 4.78 is 13.5. The van der Waals surface area contributed by atoms with Gasteiger partial charge < -0.3 is 11.1 Å². The van der Waals surface area contributed by atoms with Crippen molar-refractivity contribution in [1.82, 2.24) is 9.97 Å². The van der Waals surface area contributed by atoms with Crippen molar-refractivity contribution in [3.63, 3.8) is 0 Å². The van der Waals surface area contributed by atoms with E-state index in [0.717, 1.165) is 5.56 Å². The minimum atomic E-state index is -0.252. The van der Waals surface area contributed by atoms with Crippen LogP contribution in [-0.2, 0) is 0 Å². The summed E-state index contributed by atoms with van der Waals surface area (Å²) in [5, 5.41) is 3.09. The van der Waals surface area contributed by atoms with Crippen molar-refractivity contribution >= 4 is 17.3 Å². The van der Waals surface area contributed by atoms with E-state index in [9.17, 15) is 4.39 Å². The Hall–Kier alpha value is -2.17. The lowest BCUT2D eigenvalue weighted by molar-refractivity contribution is 0.619. The van der Waals surface area contributed by atoms with Gasteiger partial charge in [-0.3, -0.25) is 0 Å². The average molecular weight is 260 g/mol. The van der Waals surface area contributed by atoms with Crippen molar-refractivity contribution in [3.05, 3.63) is 41.5 Å². The number of aromatic nitrogens is 2. The molecule has 1 heterocycles. The number of benzene rings is 1. The summed E-state index contributed by atoms with van der Waals surface area (Å²) in [5.74, 6) is 0.989. The summed E-state index contributed by atoms with van der Waals surface area (Å²) in [6.07, 6.45) is 1.40. The minimum absolute atomic E-state index is 0.180. The van der Waals surface area contributed by atoms with E-state index in [1.54, 1.807) is 19.1 Å². The molecule has 1 aromatic carbocycles. The molecular formula is C14H17FN4. The highest BCUT2D eigenvalue weighted by atomic mass is 19.1. The van der Waals surface area contributed by atoms with Gasteiger partial charge in [0, 0.05) is 11.3 Å². The van der Waals surface area contributed by atoms with E-state index in [0.29, 0.717) is 22.9 Å². The number of halogens is 1. The van der Waals surface area contributed by atoms with Crippen LogP contribution in [0.3, 0.4) is 0 Å². The topological polar surface area (TPSA) is 63.8 Å². The molecular weight excluding hydrogens is 243 g/mol. The number of hydrogen-bond donors (Lipinski definition) is 2. The third-order valence-corrected chi connectivity index (χ3v) is 2.93. The largest absolute Gasteiger partial charge is 0.383 e. The molecule has 1 aromatic heterocycles. The summed E-state index contributed by atoms with van der Waals surface area (Å²) >= 11 is 0. The van der Waals surface area contributed by atoms with Crippen molar-refractivity contribution in [3.8, 4) is 0 Å². The lowest BCUT2D eigenvalue weighted by Crippen LogP contribution is -2.06. The zero-order valence-corrected chi connectivity index (χ0v) is 11.2. The zero-order chi connectivity index (χ0) is 14.0. The molecule has 2 aromatic rings. The van der Waals surface area contributed by atoms with Crippen LogP contribution in [0.4, 0.5) is 21.7 Å². The van der Waals surface area contributed by atoms with Crippen LogP contribution in [0.25, 0.3) is 0 Å². The molecule has 0 radical (unpaired) electrons. The molecule has 0 spiro atoms. The van der Waals surface area contributed by atoms with Gasteiger partial charge in [0.05, 0.1) is 0 Å². The fourth-order valence-electron chi connectivity index (χ4n) is 1.89. The number of nitrogens with two attached hydrogens (primary N) is 1. The van der Waals surface area contributed by atoms with Gasteiger partial charge in [-0.1, -0.05) is 19.9 Å². The number of nitrogens with one attached hydrogen (secondary N) is 1. The second-order valence-electron chi connectivity index (χ2n) is 4.76. The molecule has 0 saturated carbocycles. The van der Waals surface area contributed by atoms with Gasteiger partial charge in [-0.2, -0.15) is 0 Å². The lowest BCUT2D eigenvalue weighted by atomic mass is 10.0. The third kappa shape index (κ3) is 2.81. The maximum atomic E-state index is 13.5. The number of rotatable bonds is 3. The quantitative estimate of drug-likeness (QED) is 0.888. The van der Waals surface area contributed by atoms with Gasteiger partial charge >= 0.3 is 0 Å². The Morgan fingerprint density at radius 2 is 2.00 bits per heavy atom. The summed E-state index contributed by atoms with van der Waals surface area (Å²) in [7, 11) is 0. The molecule has 0 atom stereocenters. The number of nitrogens with zero attached hydrogens (tertiary/aromatic N) is 2. The van der Waals surface area contributed by atoms with Crippen LogP contribution < -0.4 is 11.1 Å². The van der Waals surface area contributed by atoms with Gasteiger partial charge in [0.1, 0.15) is 23.8 Å². The predicted molar refractivity (Wildman–Crippen MR) is 75.0 cm³/mol. The Labute approximate surface area is 111 Å². The Bertz CT molecular complexity index is 596. The zero-order valence-electron chi connectivity index (χ0n) is 11.2. The molecule has 0 saturated heterocycles. The first-order valence-electron chi connectivity index (χ1n) is 6.12. The van der Waals surface area contributed by atoms with Crippen molar-refractivity contribution in [2.24, 2.45) is 0 Å². The molecule has 0 aliphatic carbocycles. The second kappa shape index (κ2) is 5.22. The van der Waals surface area contributed by atoms with Gasteiger partial charge in [-0.05, 0) is 30.5 Å². The van der Waals surface area contributed by atoms with Crippen molar-refractivity contribution in [2.75, 3.05) is 11.1 Å². The monoisotopic (exact) mass is 260 g/mol. The predicted octanol–water partition coefficient (Wildman–Crippen LogP) is 3.37. The molecule has 0 bridgehead atoms. The van der Waals surface area contributed by atoms with Crippen LogP contribution in [0.15, 0.2) is 24.5 Å². The van der Waals surface area contributed by atoms with Gasteiger partial charge in [0.25, 0.3) is 0 Å². The van der Waals surface area contributed by atoms with Gasteiger partial charge in [0.2, 0.25) is 0 Å². The molecule has 0 aliphatic heterocycles. The summed E-state index contributed by atoms with van der Waals surface area (Å²) in [6, 6.07) is 4.97. The summed E-state index contributed by atoms with van der Waals surface area (Å²) in [6.45, 7) is 5.74. The molecule has 100 valence electrons. The normalized spacial score (nSPS) is 10.8. The van der Waals surface area contributed by atoms with Gasteiger partial charge in [-0.15, -0.1) is 0 Å². The highest BCUT2D eigenvalue weighted by Crippen LogP contribution is 2.28. The van der Waals surface area contributed by atoms with Crippen LogP contribution in [0.2, 0.25) is 0 Å². The minimum Gasteiger partial charge on any atom is -0.383 e. The van der Waals surface area contributed by atoms with E-state index in [2.05, 4.69) is 15.3 Å². The fourth-order valence-corrected chi connectivity index (χ4v) is 1.89. The molecule has 0 amide bonds. The van der Waals surface area contributed by atoms with E-state index in [1.165, 1.54) is 12.4 Å². The number of nitrogen functional groups attached to an aromatic ring is 1. The van der Waals surface area contributed by atoms with Crippen LogP contribution in [0, 0.1) is 12.7 Å². The molecule has 5 heteroatoms. The van der Waals surface area contributed by atoms with Crippen LogP contribution >= 0.6 is 0 Å². The Morgan fingerprint density at radius 3 is 2.63 bits per heavy atom. The van der Waals surface area contributed by atoms with Crippen LogP contribution in [-0.4, -0.2) is 9.97 Å². The molecule has 19 heavy (non-hydrogen) atoms. The number of anilines is 3. The Morgan fingerprint density at radius 1 is 1.26 bits per heavy atom. The standard InChI is InChI=1S/C14H17FN4/c1-8(2)12-13(16)17-7-18-14(12)19-10-5-4-9(3)11(15)6-10/h4-8H,1-3H3,(H3,16,17,18,19). The second-order valence-corrected chi connectivity index (χ2v) is 4.76. The van der Waals surface area contributed by atoms with Crippen molar-refractivity contribution in [1.29, 1.82) is 0 Å². The summed E-state index contributed by atoms with van der Waals surface area (Å²) in [5.41, 5.74) is 7.95. The first kappa shape index (κ1) is 13.3. The Kier molecular flexibility index (Phi) is 3.64. The van der Waals surface area contributed by atoms with Crippen LogP contribution in [0.1, 0.15) is 30.9 Å².